The van der Waals surface area contributed by atoms with Gasteiger partial charge in [-0.05, 0) is 49.2 Å². The first-order chi connectivity index (χ1) is 16.2. The maximum atomic E-state index is 13.2. The van der Waals surface area contributed by atoms with E-state index in [1.165, 1.54) is 28.6 Å². The molecule has 2 fully saturated rings. The van der Waals surface area contributed by atoms with Crippen molar-refractivity contribution in [1.29, 1.82) is 0 Å². The number of hydrogen-bond donors (Lipinski definition) is 1. The summed E-state index contributed by atoms with van der Waals surface area (Å²) in [6.45, 7) is 7.09. The molecule has 2 atom stereocenters. The van der Waals surface area contributed by atoms with Gasteiger partial charge in [-0.2, -0.15) is 0 Å². The molecule has 0 bridgehead atoms. The van der Waals surface area contributed by atoms with Crippen LogP contribution in [0, 0.1) is 13.8 Å². The monoisotopic (exact) mass is 518 g/mol. The van der Waals surface area contributed by atoms with Gasteiger partial charge in [0.15, 0.2) is 15.0 Å². The van der Waals surface area contributed by atoms with Crippen LogP contribution in [0.4, 0.5) is 11.4 Å². The molecule has 10 heteroatoms. The highest BCUT2D eigenvalue weighted by atomic mass is 35.5. The normalized spacial score (nSPS) is 23.6. The standard InChI is InChI=1S/C24H27ClN4O3S2/c1-15-3-4-16(2)21(11-15)28-7-9-29(10-8-28)23(30)17-5-6-18(25)19(12-17)26-24-27-20-13-34(31,32)14-22(20)33-24/h3-6,11-12,20,22H,7-10,13-14H2,1-2H3,(H,26,27)/t20-,22+/m1/s1. The number of thioether (sulfide) groups is 1. The van der Waals surface area contributed by atoms with Crippen molar-refractivity contribution >= 4 is 55.6 Å². The lowest BCUT2D eigenvalue weighted by Crippen LogP contribution is -2.49. The van der Waals surface area contributed by atoms with Crippen molar-refractivity contribution in [3.05, 3.63) is 58.1 Å². The van der Waals surface area contributed by atoms with Crippen molar-refractivity contribution in [2.24, 2.45) is 4.99 Å². The van der Waals surface area contributed by atoms with Crippen LogP contribution in [-0.4, -0.2) is 73.4 Å². The third-order valence-electron chi connectivity index (χ3n) is 6.55. The molecule has 0 saturated carbocycles. The molecule has 2 aromatic rings. The molecule has 0 aromatic heterocycles. The molecule has 2 saturated heterocycles. The van der Waals surface area contributed by atoms with E-state index in [4.69, 9.17) is 11.6 Å². The van der Waals surface area contributed by atoms with Crippen LogP contribution < -0.4 is 10.2 Å². The van der Waals surface area contributed by atoms with Gasteiger partial charge in [0.2, 0.25) is 0 Å². The molecule has 1 N–H and O–H groups in total. The Morgan fingerprint density at radius 3 is 2.59 bits per heavy atom. The number of fused-ring (bicyclic) bond motifs is 1. The summed E-state index contributed by atoms with van der Waals surface area (Å²) in [6.07, 6.45) is 0. The topological polar surface area (TPSA) is 82.1 Å². The summed E-state index contributed by atoms with van der Waals surface area (Å²) >= 11 is 7.82. The van der Waals surface area contributed by atoms with Gasteiger partial charge in [-0.1, -0.05) is 35.5 Å². The lowest BCUT2D eigenvalue weighted by atomic mass is 10.1. The maximum absolute atomic E-state index is 13.2. The van der Waals surface area contributed by atoms with Crippen LogP contribution in [0.25, 0.3) is 0 Å². The van der Waals surface area contributed by atoms with E-state index in [1.807, 2.05) is 4.90 Å². The van der Waals surface area contributed by atoms with E-state index in [2.05, 4.69) is 47.3 Å². The van der Waals surface area contributed by atoms with E-state index >= 15 is 0 Å². The summed E-state index contributed by atoms with van der Waals surface area (Å²) in [7, 11) is -3.00. The summed E-state index contributed by atoms with van der Waals surface area (Å²) in [6, 6.07) is 11.5. The molecule has 0 aliphatic carbocycles. The largest absolute Gasteiger partial charge is 0.368 e. The Labute approximate surface area is 209 Å². The predicted molar refractivity (Wildman–Crippen MR) is 140 cm³/mol. The second-order valence-corrected chi connectivity index (χ2v) is 12.9. The van der Waals surface area contributed by atoms with Gasteiger partial charge in [0.1, 0.15) is 0 Å². The highest BCUT2D eigenvalue weighted by molar-refractivity contribution is 8.15. The lowest BCUT2D eigenvalue weighted by Gasteiger charge is -2.37. The van der Waals surface area contributed by atoms with Crippen molar-refractivity contribution in [2.75, 3.05) is 47.9 Å². The summed E-state index contributed by atoms with van der Waals surface area (Å²) in [5, 5.41) is 4.30. The van der Waals surface area contributed by atoms with E-state index in [0.717, 1.165) is 13.1 Å². The van der Waals surface area contributed by atoms with Gasteiger partial charge < -0.3 is 15.1 Å². The number of carbonyl (C=O) groups is 1. The predicted octanol–water partition coefficient (Wildman–Crippen LogP) is 3.60. The molecule has 3 aliphatic rings. The first-order valence-corrected chi connectivity index (χ1v) is 14.4. The Morgan fingerprint density at radius 2 is 1.85 bits per heavy atom. The second-order valence-electron chi connectivity index (χ2n) is 9.12. The SMILES string of the molecule is Cc1ccc(C)c(N2CCN(C(=O)c3ccc(Cl)c(NC4=N[C@@H]5CS(=O)(=O)C[C@@H]5S4)c3)CC2)c1. The molecule has 0 unspecified atom stereocenters. The molecular formula is C24H27ClN4O3S2. The van der Waals surface area contributed by atoms with Gasteiger partial charge in [-0.25, -0.2) is 8.42 Å². The van der Waals surface area contributed by atoms with Crippen LogP contribution in [0.1, 0.15) is 21.5 Å². The number of halogens is 1. The Hall–Kier alpha value is -2.23. The Kier molecular flexibility index (Phi) is 6.29. The number of amidine groups is 1. The van der Waals surface area contributed by atoms with E-state index in [9.17, 15) is 13.2 Å². The molecule has 0 radical (unpaired) electrons. The minimum Gasteiger partial charge on any atom is -0.368 e. The van der Waals surface area contributed by atoms with Crippen LogP contribution in [0.5, 0.6) is 0 Å². The lowest BCUT2D eigenvalue weighted by molar-refractivity contribution is 0.0747. The quantitative estimate of drug-likeness (QED) is 0.668. The zero-order valence-corrected chi connectivity index (χ0v) is 21.5. The average molecular weight is 519 g/mol. The van der Waals surface area contributed by atoms with Crippen LogP contribution >= 0.6 is 23.4 Å². The molecule has 3 heterocycles. The zero-order valence-electron chi connectivity index (χ0n) is 19.1. The summed E-state index contributed by atoms with van der Waals surface area (Å²) in [5.41, 5.74) is 4.88. The number of aliphatic imine (C=N–C) groups is 1. The molecule has 34 heavy (non-hydrogen) atoms. The van der Waals surface area contributed by atoms with Crippen molar-refractivity contribution in [3.8, 4) is 0 Å². The highest BCUT2D eigenvalue weighted by Crippen LogP contribution is 2.36. The van der Waals surface area contributed by atoms with Crippen LogP contribution in [0.3, 0.4) is 0 Å². The Bertz CT molecular complexity index is 1270. The summed E-state index contributed by atoms with van der Waals surface area (Å²) < 4.78 is 23.6. The molecule has 3 aliphatic heterocycles. The molecule has 0 spiro atoms. The number of piperazine rings is 1. The van der Waals surface area contributed by atoms with Crippen LogP contribution in [-0.2, 0) is 9.84 Å². The number of sulfone groups is 1. The fourth-order valence-electron chi connectivity index (χ4n) is 4.68. The number of anilines is 2. The van der Waals surface area contributed by atoms with Crippen molar-refractivity contribution < 1.29 is 13.2 Å². The van der Waals surface area contributed by atoms with Crippen molar-refractivity contribution in [3.63, 3.8) is 0 Å². The van der Waals surface area contributed by atoms with Crippen molar-refractivity contribution in [2.45, 2.75) is 25.1 Å². The fourth-order valence-corrected chi connectivity index (χ4v) is 8.51. The molecule has 2 aromatic carbocycles. The fraction of sp³-hybridized carbons (Fsp3) is 0.417. The van der Waals surface area contributed by atoms with Gasteiger partial charge in [0.05, 0.1) is 28.3 Å². The first kappa shape index (κ1) is 23.5. The van der Waals surface area contributed by atoms with Gasteiger partial charge in [-0.3, -0.25) is 9.79 Å². The third kappa shape index (κ3) is 4.78. The van der Waals surface area contributed by atoms with Gasteiger partial charge in [0, 0.05) is 42.7 Å². The number of hydrogen-bond acceptors (Lipinski definition) is 7. The minimum absolute atomic E-state index is 0.0238. The molecule has 7 nitrogen and oxygen atoms in total. The highest BCUT2D eigenvalue weighted by Gasteiger charge is 2.42. The number of aryl methyl sites for hydroxylation is 2. The minimum atomic E-state index is -3.00. The van der Waals surface area contributed by atoms with Gasteiger partial charge in [0.25, 0.3) is 5.91 Å². The average Bonchev–Trinajstić information content (AvgIpc) is 3.29. The summed E-state index contributed by atoms with van der Waals surface area (Å²) in [5.74, 6) is 0.220. The van der Waals surface area contributed by atoms with Gasteiger partial charge in [-0.15, -0.1) is 0 Å². The van der Waals surface area contributed by atoms with E-state index in [-0.39, 0.29) is 28.7 Å². The second kappa shape index (κ2) is 9.09. The number of benzene rings is 2. The molecule has 180 valence electrons. The van der Waals surface area contributed by atoms with E-state index in [1.54, 1.807) is 18.2 Å². The van der Waals surface area contributed by atoms with E-state index in [0.29, 0.717) is 34.5 Å². The maximum Gasteiger partial charge on any atom is 0.254 e. The molecular weight excluding hydrogens is 492 g/mol. The number of nitrogens with zero attached hydrogens (tertiary/aromatic N) is 3. The zero-order chi connectivity index (χ0) is 24.0. The number of carbonyl (C=O) groups excluding carboxylic acids is 1. The number of nitrogens with one attached hydrogen (secondary N) is 1. The third-order valence-corrected chi connectivity index (χ3v) is 10.0. The van der Waals surface area contributed by atoms with Crippen molar-refractivity contribution in [1.82, 2.24) is 4.90 Å². The van der Waals surface area contributed by atoms with Gasteiger partial charge >= 0.3 is 0 Å². The number of rotatable bonds is 3. The Morgan fingerprint density at radius 1 is 1.09 bits per heavy atom. The van der Waals surface area contributed by atoms with Crippen LogP contribution in [0.15, 0.2) is 41.4 Å². The first-order valence-electron chi connectivity index (χ1n) is 11.3. The Balaban J connectivity index is 1.25. The number of amides is 1. The smallest absolute Gasteiger partial charge is 0.254 e. The van der Waals surface area contributed by atoms with Crippen LogP contribution in [0.2, 0.25) is 5.02 Å². The summed E-state index contributed by atoms with van der Waals surface area (Å²) in [4.78, 5) is 22.0. The van der Waals surface area contributed by atoms with E-state index < -0.39 is 9.84 Å². The molecule has 1 amide bonds. The molecule has 5 rings (SSSR count).